The van der Waals surface area contributed by atoms with Crippen molar-refractivity contribution in [2.45, 2.75) is 44.2 Å². The van der Waals surface area contributed by atoms with Crippen LogP contribution in [-0.4, -0.2) is 50.1 Å². The number of carbonyl (C=O) groups excluding carboxylic acids is 1. The highest BCUT2D eigenvalue weighted by Gasteiger charge is 2.31. The lowest BCUT2D eigenvalue weighted by molar-refractivity contribution is 0.102. The van der Waals surface area contributed by atoms with E-state index in [1.165, 1.54) is 28.9 Å². The molecule has 1 atom stereocenters. The van der Waals surface area contributed by atoms with Crippen molar-refractivity contribution in [2.24, 2.45) is 0 Å². The topological polar surface area (TPSA) is 127 Å². The molecule has 2 aromatic rings. The number of benzene rings is 1. The average Bonchev–Trinajstić information content (AvgIpc) is 3.15. The van der Waals surface area contributed by atoms with Crippen LogP contribution in [0.1, 0.15) is 42.4 Å². The number of hydrogen-bond donors (Lipinski definition) is 2. The molecule has 1 fully saturated rings. The van der Waals surface area contributed by atoms with Gasteiger partial charge in [-0.15, -0.1) is 0 Å². The fraction of sp³-hybridized carbons (Fsp3) is 0.444. The quantitative estimate of drug-likeness (QED) is 0.701. The molecule has 1 aliphatic rings. The number of sulfonamides is 1. The van der Waals surface area contributed by atoms with Gasteiger partial charge in [-0.1, -0.05) is 6.07 Å². The number of amides is 1. The summed E-state index contributed by atoms with van der Waals surface area (Å²) in [5.41, 5.74) is 0.808. The zero-order chi connectivity index (χ0) is 21.4. The van der Waals surface area contributed by atoms with Crippen molar-refractivity contribution in [3.05, 3.63) is 41.6 Å². The minimum atomic E-state index is -3.73. The molecule has 1 aliphatic heterocycles. The van der Waals surface area contributed by atoms with Gasteiger partial charge in [-0.25, -0.2) is 26.2 Å². The number of anilines is 1. The molecule has 0 radical (unpaired) electrons. The maximum atomic E-state index is 12.7. The first-order valence-corrected chi connectivity index (χ1v) is 12.5. The highest BCUT2D eigenvalue weighted by Crippen LogP contribution is 2.27. The summed E-state index contributed by atoms with van der Waals surface area (Å²) < 4.78 is 52.3. The predicted molar refractivity (Wildman–Crippen MR) is 109 cm³/mol. The number of aromatic nitrogens is 2. The molecule has 1 unspecified atom stereocenters. The zero-order valence-corrected chi connectivity index (χ0v) is 18.0. The molecule has 11 heteroatoms. The zero-order valence-electron chi connectivity index (χ0n) is 16.4. The van der Waals surface area contributed by atoms with Crippen molar-refractivity contribution in [3.8, 4) is 0 Å². The lowest BCUT2D eigenvalue weighted by atomic mass is 10.2. The van der Waals surface area contributed by atoms with Gasteiger partial charge in [-0.2, -0.15) is 5.10 Å². The average molecular weight is 441 g/mol. The maximum Gasteiger partial charge on any atom is 0.256 e. The van der Waals surface area contributed by atoms with Crippen molar-refractivity contribution in [1.82, 2.24) is 14.5 Å². The third-order valence-electron chi connectivity index (χ3n) is 4.45. The first-order chi connectivity index (χ1) is 13.5. The summed E-state index contributed by atoms with van der Waals surface area (Å²) in [6.45, 7) is 5.17. The summed E-state index contributed by atoms with van der Waals surface area (Å²) in [5, 5.41) is 7.05. The molecule has 2 N–H and O–H groups in total. The number of nitrogens with one attached hydrogen (secondary N) is 2. The lowest BCUT2D eigenvalue weighted by Gasteiger charge is -2.14. The summed E-state index contributed by atoms with van der Waals surface area (Å²) in [6, 6.07) is 6.76. The van der Waals surface area contributed by atoms with Crippen LogP contribution in [0.3, 0.4) is 0 Å². The molecule has 9 nitrogen and oxygen atoms in total. The third kappa shape index (κ3) is 5.03. The molecular weight excluding hydrogens is 416 g/mol. The second-order valence-corrected chi connectivity index (χ2v) is 11.4. The molecule has 2 heterocycles. The fourth-order valence-corrected chi connectivity index (χ4v) is 6.22. The second kappa shape index (κ2) is 7.88. The Morgan fingerprint density at radius 2 is 2.00 bits per heavy atom. The number of carbonyl (C=O) groups is 1. The van der Waals surface area contributed by atoms with Gasteiger partial charge >= 0.3 is 0 Å². The van der Waals surface area contributed by atoms with Crippen LogP contribution in [0.15, 0.2) is 35.2 Å². The van der Waals surface area contributed by atoms with Crippen molar-refractivity contribution in [3.63, 3.8) is 0 Å². The van der Waals surface area contributed by atoms with Crippen LogP contribution < -0.4 is 10.0 Å². The van der Waals surface area contributed by atoms with Gasteiger partial charge in [0.05, 0.1) is 28.1 Å². The first kappa shape index (κ1) is 21.5. The fourth-order valence-electron chi connectivity index (χ4n) is 3.23. The minimum absolute atomic E-state index is 0.00887. The standard InChI is InChI=1S/C18H24N4O5S2/c1-12(2)21-29(26,27)16-6-4-5-14(10-16)18(23)19-17-9-13(3)20-22(17)15-7-8-28(24,25)11-15/h4-6,9-10,12,15,21H,7-8,11H2,1-3H3,(H,19,23). The summed E-state index contributed by atoms with van der Waals surface area (Å²) in [7, 11) is -6.84. The lowest BCUT2D eigenvalue weighted by Crippen LogP contribution is -2.30. The number of rotatable bonds is 6. The largest absolute Gasteiger partial charge is 0.307 e. The Balaban J connectivity index is 1.84. The van der Waals surface area contributed by atoms with Crippen molar-refractivity contribution in [1.29, 1.82) is 0 Å². The number of aryl methyl sites for hydroxylation is 1. The molecule has 1 aromatic carbocycles. The maximum absolute atomic E-state index is 12.7. The minimum Gasteiger partial charge on any atom is -0.307 e. The van der Waals surface area contributed by atoms with E-state index in [0.717, 1.165) is 0 Å². The van der Waals surface area contributed by atoms with E-state index in [-0.39, 0.29) is 34.0 Å². The van der Waals surface area contributed by atoms with Crippen LogP contribution in [-0.2, 0) is 19.9 Å². The highest BCUT2D eigenvalue weighted by atomic mass is 32.2. The first-order valence-electron chi connectivity index (χ1n) is 9.17. The Labute approximate surface area is 170 Å². The number of hydrogen-bond acceptors (Lipinski definition) is 6. The van der Waals surface area contributed by atoms with Crippen molar-refractivity contribution < 1.29 is 21.6 Å². The smallest absolute Gasteiger partial charge is 0.256 e. The summed E-state index contributed by atoms with van der Waals surface area (Å²) in [5.74, 6) is -0.0602. The summed E-state index contributed by atoms with van der Waals surface area (Å²) >= 11 is 0. The van der Waals surface area contributed by atoms with Gasteiger partial charge in [-0.05, 0) is 45.4 Å². The molecule has 1 amide bonds. The Kier molecular flexibility index (Phi) is 5.84. The van der Waals surface area contributed by atoms with E-state index in [9.17, 15) is 21.6 Å². The molecule has 158 valence electrons. The molecule has 3 rings (SSSR count). The molecule has 1 aromatic heterocycles. The van der Waals surface area contributed by atoms with Crippen LogP contribution in [0, 0.1) is 6.92 Å². The molecule has 1 saturated heterocycles. The van der Waals surface area contributed by atoms with E-state index >= 15 is 0 Å². The second-order valence-electron chi connectivity index (χ2n) is 7.43. The van der Waals surface area contributed by atoms with Gasteiger partial charge in [-0.3, -0.25) is 4.79 Å². The molecule has 0 aliphatic carbocycles. The SMILES string of the molecule is Cc1cc(NC(=O)c2cccc(S(=O)(=O)NC(C)C)c2)n(C2CCS(=O)(=O)C2)n1. The molecule has 0 spiro atoms. The van der Waals surface area contributed by atoms with Crippen LogP contribution >= 0.6 is 0 Å². The van der Waals surface area contributed by atoms with Crippen LogP contribution in [0.5, 0.6) is 0 Å². The van der Waals surface area contributed by atoms with E-state index in [0.29, 0.717) is 17.9 Å². The monoisotopic (exact) mass is 440 g/mol. The van der Waals surface area contributed by atoms with Crippen molar-refractivity contribution >= 4 is 31.6 Å². The van der Waals surface area contributed by atoms with Gasteiger partial charge in [0.15, 0.2) is 9.84 Å². The van der Waals surface area contributed by atoms with Gasteiger partial charge in [0, 0.05) is 17.7 Å². The molecule has 0 saturated carbocycles. The Hall–Kier alpha value is -2.24. The Morgan fingerprint density at radius 1 is 1.28 bits per heavy atom. The normalized spacial score (nSPS) is 18.8. The van der Waals surface area contributed by atoms with Gasteiger partial charge in [0.2, 0.25) is 10.0 Å². The number of nitrogens with zero attached hydrogens (tertiary/aromatic N) is 2. The van der Waals surface area contributed by atoms with Gasteiger partial charge < -0.3 is 5.32 Å². The predicted octanol–water partition coefficient (Wildman–Crippen LogP) is 1.49. The Bertz CT molecular complexity index is 1140. The van der Waals surface area contributed by atoms with Crippen LogP contribution in [0.25, 0.3) is 0 Å². The van der Waals surface area contributed by atoms with Crippen molar-refractivity contribution in [2.75, 3.05) is 16.8 Å². The molecular formula is C18H24N4O5S2. The summed E-state index contributed by atoms with van der Waals surface area (Å²) in [4.78, 5) is 12.7. The van der Waals surface area contributed by atoms with Crippen LogP contribution in [0.4, 0.5) is 5.82 Å². The van der Waals surface area contributed by atoms with E-state index in [1.807, 2.05) is 0 Å². The van der Waals surface area contributed by atoms with Crippen LogP contribution in [0.2, 0.25) is 0 Å². The van der Waals surface area contributed by atoms with E-state index in [2.05, 4.69) is 15.1 Å². The summed E-state index contributed by atoms with van der Waals surface area (Å²) in [6.07, 6.45) is 0.431. The van der Waals surface area contributed by atoms with E-state index < -0.39 is 25.8 Å². The highest BCUT2D eigenvalue weighted by molar-refractivity contribution is 7.91. The van der Waals surface area contributed by atoms with E-state index in [1.54, 1.807) is 26.8 Å². The Morgan fingerprint density at radius 3 is 2.62 bits per heavy atom. The van der Waals surface area contributed by atoms with E-state index in [4.69, 9.17) is 0 Å². The third-order valence-corrected chi connectivity index (χ3v) is 7.86. The molecule has 29 heavy (non-hydrogen) atoms. The number of sulfone groups is 1. The molecule has 0 bridgehead atoms. The van der Waals surface area contributed by atoms with Gasteiger partial charge in [0.25, 0.3) is 5.91 Å². The van der Waals surface area contributed by atoms with Gasteiger partial charge in [0.1, 0.15) is 5.82 Å².